The molecular formula is C15H16ClNO3. The van der Waals surface area contributed by atoms with Gasteiger partial charge < -0.3 is 19.9 Å². The number of benzene rings is 2. The number of ether oxygens (including phenoxy) is 3. The lowest BCUT2D eigenvalue weighted by molar-refractivity contribution is 0.345. The molecule has 0 aliphatic carbocycles. The van der Waals surface area contributed by atoms with Crippen molar-refractivity contribution in [1.82, 2.24) is 0 Å². The first kappa shape index (κ1) is 14.5. The molecular weight excluding hydrogens is 278 g/mol. The van der Waals surface area contributed by atoms with Crippen LogP contribution in [0.4, 0.5) is 0 Å². The van der Waals surface area contributed by atoms with E-state index in [1.165, 1.54) is 0 Å². The van der Waals surface area contributed by atoms with Gasteiger partial charge in [-0.2, -0.15) is 0 Å². The summed E-state index contributed by atoms with van der Waals surface area (Å²) in [5, 5.41) is 0.575. The molecule has 0 unspecified atom stereocenters. The first-order chi connectivity index (χ1) is 9.69. The highest BCUT2D eigenvalue weighted by molar-refractivity contribution is 6.30. The molecule has 0 aliphatic rings. The van der Waals surface area contributed by atoms with Crippen molar-refractivity contribution in [2.45, 2.75) is 6.54 Å². The van der Waals surface area contributed by atoms with Crippen LogP contribution in [0.1, 0.15) is 5.56 Å². The Morgan fingerprint density at radius 3 is 2.20 bits per heavy atom. The number of methoxy groups -OCH3 is 2. The number of halogens is 1. The highest BCUT2D eigenvalue weighted by Crippen LogP contribution is 2.41. The minimum atomic E-state index is 0.351. The summed E-state index contributed by atoms with van der Waals surface area (Å²) in [6.45, 7) is 0.351. The summed E-state index contributed by atoms with van der Waals surface area (Å²) in [4.78, 5) is 0. The Balaban J connectivity index is 2.46. The van der Waals surface area contributed by atoms with E-state index >= 15 is 0 Å². The van der Waals surface area contributed by atoms with Crippen LogP contribution in [0.15, 0.2) is 36.4 Å². The molecule has 0 bridgehead atoms. The summed E-state index contributed by atoms with van der Waals surface area (Å²) in [5.41, 5.74) is 6.56. The molecule has 0 heterocycles. The standard InChI is InChI=1S/C15H16ClNO3/c1-18-12-4-3-5-13(19-2)15(12)20-14-8-11(16)7-6-10(14)9-17/h3-8H,9,17H2,1-2H3. The van der Waals surface area contributed by atoms with Gasteiger partial charge in [-0.1, -0.05) is 23.7 Å². The zero-order valence-electron chi connectivity index (χ0n) is 11.4. The van der Waals surface area contributed by atoms with Crippen molar-refractivity contribution in [3.05, 3.63) is 47.0 Å². The molecule has 5 heteroatoms. The molecule has 0 saturated heterocycles. The molecule has 0 fully saturated rings. The fourth-order valence-electron chi connectivity index (χ4n) is 1.82. The molecule has 106 valence electrons. The zero-order chi connectivity index (χ0) is 14.5. The van der Waals surface area contributed by atoms with Crippen molar-refractivity contribution in [3.63, 3.8) is 0 Å². The van der Waals surface area contributed by atoms with Crippen LogP contribution in [0, 0.1) is 0 Å². The summed E-state index contributed by atoms with van der Waals surface area (Å²) in [5.74, 6) is 2.23. The quantitative estimate of drug-likeness (QED) is 0.915. The Bertz CT molecular complexity index is 579. The van der Waals surface area contributed by atoms with Gasteiger partial charge in [-0.3, -0.25) is 0 Å². The molecule has 0 aliphatic heterocycles. The van der Waals surface area contributed by atoms with Gasteiger partial charge in [0, 0.05) is 17.1 Å². The molecule has 0 saturated carbocycles. The zero-order valence-corrected chi connectivity index (χ0v) is 12.1. The molecule has 4 nitrogen and oxygen atoms in total. The van der Waals surface area contributed by atoms with Crippen molar-refractivity contribution in [3.8, 4) is 23.0 Å². The van der Waals surface area contributed by atoms with Crippen molar-refractivity contribution in [1.29, 1.82) is 0 Å². The van der Waals surface area contributed by atoms with E-state index in [9.17, 15) is 0 Å². The van der Waals surface area contributed by atoms with E-state index in [-0.39, 0.29) is 0 Å². The number of hydrogen-bond donors (Lipinski definition) is 1. The number of para-hydroxylation sites is 1. The molecule has 0 radical (unpaired) electrons. The second-order valence-corrected chi connectivity index (χ2v) is 4.49. The highest BCUT2D eigenvalue weighted by atomic mass is 35.5. The topological polar surface area (TPSA) is 53.7 Å². The normalized spacial score (nSPS) is 10.2. The van der Waals surface area contributed by atoms with Gasteiger partial charge in [0.05, 0.1) is 14.2 Å². The molecule has 0 atom stereocenters. The van der Waals surface area contributed by atoms with Crippen LogP contribution in [-0.4, -0.2) is 14.2 Å². The van der Waals surface area contributed by atoms with Crippen LogP contribution in [0.2, 0.25) is 5.02 Å². The Kier molecular flexibility index (Phi) is 4.71. The van der Waals surface area contributed by atoms with E-state index in [0.29, 0.717) is 34.6 Å². The summed E-state index contributed by atoms with van der Waals surface area (Å²) in [6.07, 6.45) is 0. The fourth-order valence-corrected chi connectivity index (χ4v) is 1.98. The fraction of sp³-hybridized carbons (Fsp3) is 0.200. The third-order valence-corrected chi connectivity index (χ3v) is 3.08. The number of nitrogens with two attached hydrogens (primary N) is 1. The van der Waals surface area contributed by atoms with Crippen molar-refractivity contribution in [2.24, 2.45) is 5.73 Å². The maximum atomic E-state index is 6.00. The number of rotatable bonds is 5. The van der Waals surface area contributed by atoms with Gasteiger partial charge in [0.2, 0.25) is 5.75 Å². The van der Waals surface area contributed by atoms with E-state index in [1.807, 2.05) is 12.1 Å². The van der Waals surface area contributed by atoms with E-state index in [1.54, 1.807) is 38.5 Å². The third kappa shape index (κ3) is 2.98. The minimum Gasteiger partial charge on any atom is -0.493 e. The predicted molar refractivity (Wildman–Crippen MR) is 79.0 cm³/mol. The van der Waals surface area contributed by atoms with Crippen molar-refractivity contribution >= 4 is 11.6 Å². The van der Waals surface area contributed by atoms with Gasteiger partial charge >= 0.3 is 0 Å². The molecule has 0 spiro atoms. The van der Waals surface area contributed by atoms with Gasteiger partial charge in [0.1, 0.15) is 5.75 Å². The molecule has 0 amide bonds. The highest BCUT2D eigenvalue weighted by Gasteiger charge is 2.14. The Morgan fingerprint density at radius 2 is 1.65 bits per heavy atom. The maximum absolute atomic E-state index is 6.00. The molecule has 2 rings (SSSR count). The summed E-state index contributed by atoms with van der Waals surface area (Å²) in [6, 6.07) is 10.7. The molecule has 20 heavy (non-hydrogen) atoms. The smallest absolute Gasteiger partial charge is 0.211 e. The molecule has 2 aromatic rings. The van der Waals surface area contributed by atoms with Crippen molar-refractivity contribution < 1.29 is 14.2 Å². The van der Waals surface area contributed by atoms with Gasteiger partial charge in [-0.25, -0.2) is 0 Å². The van der Waals surface area contributed by atoms with Gasteiger partial charge in [-0.05, 0) is 24.3 Å². The summed E-state index contributed by atoms with van der Waals surface area (Å²) in [7, 11) is 3.15. The predicted octanol–water partition coefficient (Wildman–Crippen LogP) is 3.61. The third-order valence-electron chi connectivity index (χ3n) is 2.84. The van der Waals surface area contributed by atoms with Gasteiger partial charge in [0.25, 0.3) is 0 Å². The molecule has 2 N–H and O–H groups in total. The summed E-state index contributed by atoms with van der Waals surface area (Å²) < 4.78 is 16.5. The maximum Gasteiger partial charge on any atom is 0.211 e. The van der Waals surface area contributed by atoms with E-state index in [4.69, 9.17) is 31.5 Å². The van der Waals surface area contributed by atoms with Gasteiger partial charge in [0.15, 0.2) is 11.5 Å². The Morgan fingerprint density at radius 1 is 1.00 bits per heavy atom. The first-order valence-electron chi connectivity index (χ1n) is 6.07. The average Bonchev–Trinajstić information content (AvgIpc) is 2.47. The van der Waals surface area contributed by atoms with E-state index in [2.05, 4.69) is 0 Å². The van der Waals surface area contributed by atoms with Crippen molar-refractivity contribution in [2.75, 3.05) is 14.2 Å². The lowest BCUT2D eigenvalue weighted by Crippen LogP contribution is -2.01. The van der Waals surface area contributed by atoms with E-state index in [0.717, 1.165) is 5.56 Å². The minimum absolute atomic E-state index is 0.351. The lowest BCUT2D eigenvalue weighted by Gasteiger charge is -2.15. The average molecular weight is 294 g/mol. The van der Waals surface area contributed by atoms with Crippen LogP contribution in [-0.2, 0) is 6.54 Å². The van der Waals surface area contributed by atoms with Crippen LogP contribution in [0.3, 0.4) is 0 Å². The second kappa shape index (κ2) is 6.50. The first-order valence-corrected chi connectivity index (χ1v) is 6.44. The largest absolute Gasteiger partial charge is 0.493 e. The molecule has 0 aromatic heterocycles. The Hall–Kier alpha value is -1.91. The second-order valence-electron chi connectivity index (χ2n) is 4.05. The lowest BCUT2D eigenvalue weighted by atomic mass is 10.2. The SMILES string of the molecule is COc1cccc(OC)c1Oc1cc(Cl)ccc1CN. The van der Waals surface area contributed by atoms with Crippen LogP contribution in [0.25, 0.3) is 0 Å². The monoisotopic (exact) mass is 293 g/mol. The van der Waals surface area contributed by atoms with Crippen LogP contribution in [0.5, 0.6) is 23.0 Å². The Labute approximate surface area is 123 Å². The number of hydrogen-bond acceptors (Lipinski definition) is 4. The van der Waals surface area contributed by atoms with Crippen LogP contribution >= 0.6 is 11.6 Å². The van der Waals surface area contributed by atoms with E-state index < -0.39 is 0 Å². The summed E-state index contributed by atoms with van der Waals surface area (Å²) >= 11 is 6.00. The van der Waals surface area contributed by atoms with Crippen LogP contribution < -0.4 is 19.9 Å². The van der Waals surface area contributed by atoms with Gasteiger partial charge in [-0.15, -0.1) is 0 Å². The molecule has 2 aromatic carbocycles.